The molecular weight excluding hydrogens is 176 g/mol. The van der Waals surface area contributed by atoms with Gasteiger partial charge in [-0.3, -0.25) is 9.59 Å². The van der Waals surface area contributed by atoms with Gasteiger partial charge >= 0.3 is 11.9 Å². The predicted molar refractivity (Wildman–Crippen MR) is 44.3 cm³/mol. The summed E-state index contributed by atoms with van der Waals surface area (Å²) in [5, 5.41) is 26.0. The van der Waals surface area contributed by atoms with Gasteiger partial charge in [0, 0.05) is 6.61 Å². The van der Waals surface area contributed by atoms with Crippen molar-refractivity contribution in [1.82, 2.24) is 0 Å². The fraction of sp³-hybridized carbons (Fsp3) is 0.750. The quantitative estimate of drug-likeness (QED) is 0.524. The van der Waals surface area contributed by atoms with Crippen LogP contribution in [0.3, 0.4) is 0 Å². The zero-order chi connectivity index (χ0) is 10.5. The van der Waals surface area contributed by atoms with Gasteiger partial charge in [-0.2, -0.15) is 0 Å². The van der Waals surface area contributed by atoms with Crippen LogP contribution in [0.25, 0.3) is 0 Å². The van der Waals surface area contributed by atoms with Crippen LogP contribution in [0.4, 0.5) is 0 Å². The van der Waals surface area contributed by atoms with Crippen LogP contribution >= 0.6 is 0 Å². The summed E-state index contributed by atoms with van der Waals surface area (Å²) in [6.07, 6.45) is 0.175. The molecule has 0 aliphatic carbocycles. The number of carboxylic acids is 2. The molecule has 0 radical (unpaired) electrons. The van der Waals surface area contributed by atoms with Gasteiger partial charge in [0.15, 0.2) is 5.41 Å². The molecule has 0 unspecified atom stereocenters. The second-order valence-electron chi connectivity index (χ2n) is 2.87. The molecule has 5 nitrogen and oxygen atoms in total. The minimum Gasteiger partial charge on any atom is -0.480 e. The van der Waals surface area contributed by atoms with Gasteiger partial charge in [0.2, 0.25) is 0 Å². The highest BCUT2D eigenvalue weighted by molar-refractivity contribution is 5.98. The van der Waals surface area contributed by atoms with Crippen molar-refractivity contribution >= 4 is 11.9 Å². The van der Waals surface area contributed by atoms with Crippen LogP contribution in [0.2, 0.25) is 0 Å². The van der Waals surface area contributed by atoms with Crippen LogP contribution in [-0.4, -0.2) is 33.9 Å². The first-order chi connectivity index (χ1) is 6.01. The maximum Gasteiger partial charge on any atom is 0.321 e. The van der Waals surface area contributed by atoms with E-state index in [9.17, 15) is 9.59 Å². The first kappa shape index (κ1) is 11.9. The zero-order valence-corrected chi connectivity index (χ0v) is 7.49. The number of aliphatic hydroxyl groups is 1. The molecule has 0 saturated carbocycles. The molecule has 5 heteroatoms. The van der Waals surface area contributed by atoms with Gasteiger partial charge in [0.1, 0.15) is 0 Å². The Morgan fingerprint density at radius 1 is 1.23 bits per heavy atom. The van der Waals surface area contributed by atoms with Gasteiger partial charge < -0.3 is 15.3 Å². The van der Waals surface area contributed by atoms with Gasteiger partial charge in [0.05, 0.1) is 0 Å². The molecule has 0 atom stereocenters. The molecule has 0 amide bonds. The Labute approximate surface area is 76.0 Å². The summed E-state index contributed by atoms with van der Waals surface area (Å²) in [5.41, 5.74) is -1.73. The van der Waals surface area contributed by atoms with Crippen molar-refractivity contribution < 1.29 is 24.9 Å². The molecule has 0 aromatic heterocycles. The highest BCUT2D eigenvalue weighted by Gasteiger charge is 2.44. The number of aliphatic carboxylic acids is 2. The monoisotopic (exact) mass is 190 g/mol. The van der Waals surface area contributed by atoms with Crippen LogP contribution in [0, 0.1) is 5.41 Å². The Bertz CT molecular complexity index is 185. The summed E-state index contributed by atoms with van der Waals surface area (Å²) in [6, 6.07) is 0. The van der Waals surface area contributed by atoms with Crippen molar-refractivity contribution in [3.63, 3.8) is 0 Å². The maximum atomic E-state index is 10.7. The third-order valence-electron chi connectivity index (χ3n) is 2.18. The SMILES string of the molecule is CCC(CCCO)(C(=O)O)C(=O)O. The molecule has 0 aromatic rings. The van der Waals surface area contributed by atoms with Crippen molar-refractivity contribution in [2.45, 2.75) is 26.2 Å². The van der Waals surface area contributed by atoms with Crippen molar-refractivity contribution in [2.75, 3.05) is 6.61 Å². The zero-order valence-electron chi connectivity index (χ0n) is 7.49. The van der Waals surface area contributed by atoms with Gasteiger partial charge in [-0.15, -0.1) is 0 Å². The van der Waals surface area contributed by atoms with E-state index in [4.69, 9.17) is 15.3 Å². The van der Waals surface area contributed by atoms with Gasteiger partial charge in [-0.05, 0) is 19.3 Å². The number of hydrogen-bond acceptors (Lipinski definition) is 3. The van der Waals surface area contributed by atoms with Crippen LogP contribution in [0.5, 0.6) is 0 Å². The lowest BCUT2D eigenvalue weighted by Gasteiger charge is -2.22. The fourth-order valence-electron chi connectivity index (χ4n) is 1.17. The first-order valence-electron chi connectivity index (χ1n) is 4.09. The highest BCUT2D eigenvalue weighted by Crippen LogP contribution is 2.28. The molecule has 0 spiro atoms. The van der Waals surface area contributed by atoms with Gasteiger partial charge in [-0.25, -0.2) is 0 Å². The predicted octanol–water partition coefficient (Wildman–Crippen LogP) is 0.324. The van der Waals surface area contributed by atoms with E-state index in [1.807, 2.05) is 0 Å². The minimum absolute atomic E-state index is 0.0255. The molecule has 0 bridgehead atoms. The summed E-state index contributed by atoms with van der Waals surface area (Å²) >= 11 is 0. The van der Waals surface area contributed by atoms with Crippen LogP contribution < -0.4 is 0 Å². The largest absolute Gasteiger partial charge is 0.480 e. The molecule has 0 rings (SSSR count). The Kier molecular flexibility index (Phi) is 4.40. The van der Waals surface area contributed by atoms with E-state index in [1.165, 1.54) is 6.92 Å². The van der Waals surface area contributed by atoms with Crippen LogP contribution in [0.15, 0.2) is 0 Å². The van der Waals surface area contributed by atoms with Crippen LogP contribution in [-0.2, 0) is 9.59 Å². The second-order valence-corrected chi connectivity index (χ2v) is 2.87. The molecule has 0 aliphatic heterocycles. The van der Waals surface area contributed by atoms with Crippen molar-refractivity contribution in [1.29, 1.82) is 0 Å². The van der Waals surface area contributed by atoms with E-state index < -0.39 is 17.4 Å². The number of carboxylic acid groups (broad SMARTS) is 2. The Balaban J connectivity index is 4.66. The first-order valence-corrected chi connectivity index (χ1v) is 4.09. The van der Waals surface area contributed by atoms with Gasteiger partial charge in [-0.1, -0.05) is 6.92 Å². The lowest BCUT2D eigenvalue weighted by molar-refractivity contribution is -0.165. The summed E-state index contributed by atoms with van der Waals surface area (Å²) in [5.74, 6) is -2.67. The summed E-state index contributed by atoms with van der Waals surface area (Å²) in [4.78, 5) is 21.5. The molecular formula is C8H14O5. The summed E-state index contributed by atoms with van der Waals surface area (Å²) < 4.78 is 0. The molecule has 0 fully saturated rings. The fourth-order valence-corrected chi connectivity index (χ4v) is 1.17. The smallest absolute Gasteiger partial charge is 0.321 e. The molecule has 13 heavy (non-hydrogen) atoms. The lowest BCUT2D eigenvalue weighted by atomic mass is 9.81. The molecule has 0 aromatic carbocycles. The lowest BCUT2D eigenvalue weighted by Crippen LogP contribution is -2.38. The van der Waals surface area contributed by atoms with Crippen molar-refractivity contribution in [2.24, 2.45) is 5.41 Å². The molecule has 3 N–H and O–H groups in total. The minimum atomic E-state index is -1.73. The molecule has 0 heterocycles. The molecule has 0 saturated heterocycles. The number of carbonyl (C=O) groups is 2. The van der Waals surface area contributed by atoms with Crippen molar-refractivity contribution in [3.8, 4) is 0 Å². The number of aliphatic hydroxyl groups excluding tert-OH is 1. The third-order valence-corrected chi connectivity index (χ3v) is 2.18. The normalized spacial score (nSPS) is 11.2. The third kappa shape index (κ3) is 2.42. The average molecular weight is 190 g/mol. The molecule has 0 aliphatic rings. The Morgan fingerprint density at radius 2 is 1.69 bits per heavy atom. The average Bonchev–Trinajstić information content (AvgIpc) is 2.05. The van der Waals surface area contributed by atoms with E-state index >= 15 is 0 Å². The number of hydrogen-bond donors (Lipinski definition) is 3. The van der Waals surface area contributed by atoms with Gasteiger partial charge in [0.25, 0.3) is 0 Å². The standard InChI is InChI=1S/C8H14O5/c1-2-8(6(10)11,7(12)13)4-3-5-9/h9H,2-5H2,1H3,(H,10,11)(H,12,13). The van der Waals surface area contributed by atoms with E-state index in [1.54, 1.807) is 0 Å². The van der Waals surface area contributed by atoms with Crippen LogP contribution in [0.1, 0.15) is 26.2 Å². The Morgan fingerprint density at radius 3 is 1.92 bits per heavy atom. The van der Waals surface area contributed by atoms with E-state index in [0.29, 0.717) is 0 Å². The molecule has 76 valence electrons. The highest BCUT2D eigenvalue weighted by atomic mass is 16.4. The van der Waals surface area contributed by atoms with E-state index in [-0.39, 0.29) is 25.9 Å². The van der Waals surface area contributed by atoms with E-state index in [2.05, 4.69) is 0 Å². The topological polar surface area (TPSA) is 94.8 Å². The van der Waals surface area contributed by atoms with Crippen molar-refractivity contribution in [3.05, 3.63) is 0 Å². The van der Waals surface area contributed by atoms with E-state index in [0.717, 1.165) is 0 Å². The summed E-state index contributed by atoms with van der Waals surface area (Å²) in [7, 11) is 0. The number of rotatable bonds is 6. The maximum absolute atomic E-state index is 10.7. The Hall–Kier alpha value is -1.10. The second kappa shape index (κ2) is 4.81. The summed E-state index contributed by atoms with van der Waals surface area (Å²) in [6.45, 7) is 1.32.